The minimum Gasteiger partial charge on any atom is -0.462 e. The summed E-state index contributed by atoms with van der Waals surface area (Å²) in [5.41, 5.74) is -0.299. The van der Waals surface area contributed by atoms with Gasteiger partial charge < -0.3 is 9.30 Å². The van der Waals surface area contributed by atoms with Crippen molar-refractivity contribution < 1.29 is 13.9 Å². The van der Waals surface area contributed by atoms with Gasteiger partial charge in [-0.1, -0.05) is 17.7 Å². The molecule has 0 saturated carbocycles. The molecule has 2 rings (SSSR count). The number of fused-ring (bicyclic) bond motifs is 1. The first-order valence-electron chi connectivity index (χ1n) is 6.29. The lowest BCUT2D eigenvalue weighted by molar-refractivity contribution is 0.0524. The van der Waals surface area contributed by atoms with Crippen LogP contribution in [0.15, 0.2) is 35.8 Å². The van der Waals surface area contributed by atoms with Gasteiger partial charge in [0, 0.05) is 18.1 Å². The summed E-state index contributed by atoms with van der Waals surface area (Å²) in [6.45, 7) is 5.74. The number of rotatable bonds is 4. The zero-order valence-corrected chi connectivity index (χ0v) is 12.1. The maximum atomic E-state index is 13.6. The molecule has 0 fully saturated rings. The fraction of sp³-hybridized carbons (Fsp3) is 0.200. The fourth-order valence-corrected chi connectivity index (χ4v) is 2.19. The zero-order chi connectivity index (χ0) is 15.6. The van der Waals surface area contributed by atoms with E-state index in [1.807, 2.05) is 0 Å². The first kappa shape index (κ1) is 15.3. The maximum Gasteiger partial charge on any atom is 0.343 e. The van der Waals surface area contributed by atoms with Gasteiger partial charge in [0.1, 0.15) is 11.4 Å². The fourth-order valence-electron chi connectivity index (χ4n) is 2.03. The summed E-state index contributed by atoms with van der Waals surface area (Å²) in [5.74, 6) is -1.45. The molecule has 0 radical (unpaired) electrons. The van der Waals surface area contributed by atoms with Gasteiger partial charge in [0.25, 0.3) is 0 Å². The average molecular weight is 310 g/mol. The van der Waals surface area contributed by atoms with Crippen molar-refractivity contribution in [2.45, 2.75) is 13.5 Å². The van der Waals surface area contributed by atoms with Gasteiger partial charge in [-0.3, -0.25) is 4.79 Å². The number of hydrogen-bond donors (Lipinski definition) is 0. The molecule has 0 amide bonds. The summed E-state index contributed by atoms with van der Waals surface area (Å²) in [6, 6.07) is 2.38. The minimum atomic E-state index is -0.738. The molecule has 0 unspecified atom stereocenters. The normalized spacial score (nSPS) is 10.6. The van der Waals surface area contributed by atoms with Crippen molar-refractivity contribution in [3.05, 3.63) is 57.6 Å². The van der Waals surface area contributed by atoms with Crippen LogP contribution in [0.5, 0.6) is 0 Å². The van der Waals surface area contributed by atoms with Crippen LogP contribution in [0.3, 0.4) is 0 Å². The van der Waals surface area contributed by atoms with E-state index in [1.54, 1.807) is 17.6 Å². The molecular weight excluding hydrogens is 297 g/mol. The molecule has 0 saturated heterocycles. The van der Waals surface area contributed by atoms with E-state index < -0.39 is 17.2 Å². The highest BCUT2D eigenvalue weighted by Gasteiger charge is 2.17. The Kier molecular flexibility index (Phi) is 4.43. The van der Waals surface area contributed by atoms with E-state index in [2.05, 4.69) is 6.58 Å². The van der Waals surface area contributed by atoms with Crippen LogP contribution in [0, 0.1) is 5.82 Å². The Labute approximate surface area is 125 Å². The molecule has 1 aromatic heterocycles. The van der Waals surface area contributed by atoms with Crippen molar-refractivity contribution in [2.75, 3.05) is 6.61 Å². The van der Waals surface area contributed by atoms with Crippen molar-refractivity contribution in [1.82, 2.24) is 4.57 Å². The number of carbonyl (C=O) groups excluding carboxylic acids is 1. The molecule has 6 heteroatoms. The van der Waals surface area contributed by atoms with E-state index in [4.69, 9.17) is 16.3 Å². The summed E-state index contributed by atoms with van der Waals surface area (Å²) in [5, 5.41) is -0.0205. The Balaban J connectivity index is 2.82. The molecule has 0 atom stereocenters. The summed E-state index contributed by atoms with van der Waals surface area (Å²) >= 11 is 5.76. The van der Waals surface area contributed by atoms with E-state index >= 15 is 0 Å². The van der Waals surface area contributed by atoms with Crippen LogP contribution in [0.4, 0.5) is 4.39 Å². The second-order valence-corrected chi connectivity index (χ2v) is 4.72. The van der Waals surface area contributed by atoms with Crippen LogP contribution in [0.2, 0.25) is 5.02 Å². The van der Waals surface area contributed by atoms with Crippen molar-refractivity contribution in [1.29, 1.82) is 0 Å². The predicted octanol–water partition coefficient (Wildman–Crippen LogP) is 3.16. The molecule has 1 aromatic carbocycles. The number of nitrogens with zero attached hydrogens (tertiary/aromatic N) is 1. The van der Waals surface area contributed by atoms with Crippen molar-refractivity contribution in [3.63, 3.8) is 0 Å². The number of ether oxygens (including phenoxy) is 1. The number of benzene rings is 1. The number of esters is 1. The minimum absolute atomic E-state index is 0.0734. The van der Waals surface area contributed by atoms with Gasteiger partial charge in [0.2, 0.25) is 5.43 Å². The monoisotopic (exact) mass is 309 g/mol. The Bertz CT molecular complexity index is 783. The van der Waals surface area contributed by atoms with Crippen molar-refractivity contribution in [2.24, 2.45) is 0 Å². The second-order valence-electron chi connectivity index (χ2n) is 4.32. The van der Waals surface area contributed by atoms with E-state index in [9.17, 15) is 14.0 Å². The number of hydrogen-bond acceptors (Lipinski definition) is 3. The third-order valence-corrected chi connectivity index (χ3v) is 3.23. The van der Waals surface area contributed by atoms with Crippen LogP contribution >= 0.6 is 11.6 Å². The number of pyridine rings is 1. The van der Waals surface area contributed by atoms with Crippen molar-refractivity contribution >= 4 is 28.5 Å². The van der Waals surface area contributed by atoms with Crippen LogP contribution < -0.4 is 5.43 Å². The van der Waals surface area contributed by atoms with Crippen molar-refractivity contribution in [3.8, 4) is 0 Å². The molecule has 4 nitrogen and oxygen atoms in total. The highest BCUT2D eigenvalue weighted by molar-refractivity contribution is 6.31. The van der Waals surface area contributed by atoms with Gasteiger partial charge in [0.05, 0.1) is 17.1 Å². The molecular formula is C15H13ClFNO3. The quantitative estimate of drug-likeness (QED) is 0.644. The summed E-state index contributed by atoms with van der Waals surface area (Å²) in [7, 11) is 0. The van der Waals surface area contributed by atoms with Gasteiger partial charge in [-0.25, -0.2) is 9.18 Å². The van der Waals surface area contributed by atoms with Crippen LogP contribution in [-0.4, -0.2) is 17.1 Å². The smallest absolute Gasteiger partial charge is 0.343 e. The Hall–Kier alpha value is -2.14. The molecule has 0 bridgehead atoms. The number of halogens is 2. The predicted molar refractivity (Wildman–Crippen MR) is 79.3 cm³/mol. The van der Waals surface area contributed by atoms with E-state index in [0.29, 0.717) is 12.1 Å². The highest BCUT2D eigenvalue weighted by Crippen LogP contribution is 2.22. The van der Waals surface area contributed by atoms with Gasteiger partial charge in [-0.15, -0.1) is 6.58 Å². The van der Waals surface area contributed by atoms with E-state index in [1.165, 1.54) is 12.3 Å². The third-order valence-electron chi connectivity index (χ3n) is 2.94. The standard InChI is InChI=1S/C15H13ClFNO3/c1-3-5-18-8-10(15(20)21-4-2)14(19)9-6-12(17)11(16)7-13(9)18/h3,6-8H,1,4-5H2,2H3. The van der Waals surface area contributed by atoms with Crippen LogP contribution in [0.25, 0.3) is 10.9 Å². The SMILES string of the molecule is C=CCn1cc(C(=O)OCC)c(=O)c2cc(F)c(Cl)cc21. The van der Waals surface area contributed by atoms with Gasteiger partial charge in [-0.2, -0.15) is 0 Å². The lowest BCUT2D eigenvalue weighted by Crippen LogP contribution is -2.21. The van der Waals surface area contributed by atoms with Gasteiger partial charge in [0.15, 0.2) is 0 Å². The molecule has 0 aliphatic heterocycles. The topological polar surface area (TPSA) is 48.3 Å². The summed E-state index contributed by atoms with van der Waals surface area (Å²) in [6.07, 6.45) is 2.97. The number of aromatic nitrogens is 1. The lowest BCUT2D eigenvalue weighted by Gasteiger charge is -2.12. The summed E-state index contributed by atoms with van der Waals surface area (Å²) < 4.78 is 20.1. The Morgan fingerprint density at radius 1 is 1.52 bits per heavy atom. The molecule has 0 aliphatic rings. The largest absolute Gasteiger partial charge is 0.462 e. The van der Waals surface area contributed by atoms with Crippen LogP contribution in [-0.2, 0) is 11.3 Å². The molecule has 0 aliphatic carbocycles. The molecule has 0 spiro atoms. The average Bonchev–Trinajstić information content (AvgIpc) is 2.44. The first-order chi connectivity index (χ1) is 9.99. The Morgan fingerprint density at radius 2 is 2.24 bits per heavy atom. The molecule has 0 N–H and O–H groups in total. The van der Waals surface area contributed by atoms with Gasteiger partial charge >= 0.3 is 5.97 Å². The third kappa shape index (κ3) is 2.83. The number of allylic oxidation sites excluding steroid dienone is 1. The zero-order valence-electron chi connectivity index (χ0n) is 11.4. The Morgan fingerprint density at radius 3 is 2.86 bits per heavy atom. The van der Waals surface area contributed by atoms with Gasteiger partial charge in [-0.05, 0) is 19.1 Å². The molecule has 110 valence electrons. The second kappa shape index (κ2) is 6.10. The molecule has 1 heterocycles. The van der Waals surface area contributed by atoms with E-state index in [-0.39, 0.29) is 22.6 Å². The maximum absolute atomic E-state index is 13.6. The molecule has 2 aromatic rings. The first-order valence-corrected chi connectivity index (χ1v) is 6.67. The highest BCUT2D eigenvalue weighted by atomic mass is 35.5. The van der Waals surface area contributed by atoms with Crippen LogP contribution in [0.1, 0.15) is 17.3 Å². The summed E-state index contributed by atoms with van der Waals surface area (Å²) in [4.78, 5) is 24.2. The van der Waals surface area contributed by atoms with E-state index in [0.717, 1.165) is 6.07 Å². The number of carbonyl (C=O) groups is 1. The molecule has 21 heavy (non-hydrogen) atoms. The lowest BCUT2D eigenvalue weighted by atomic mass is 10.1.